The SMILES string of the molecule is CN(C)/C=C/C(=O)c1nc(Cl)nc(NC2C3CCC(CC3)C2C(=O)O)c1F. The molecule has 3 aliphatic carbocycles. The summed E-state index contributed by atoms with van der Waals surface area (Å²) in [4.78, 5) is 33.2. The zero-order chi connectivity index (χ0) is 19.7. The fourth-order valence-electron chi connectivity index (χ4n) is 4.14. The van der Waals surface area contributed by atoms with Gasteiger partial charge in [0.15, 0.2) is 17.3 Å². The van der Waals surface area contributed by atoms with Gasteiger partial charge in [-0.3, -0.25) is 9.59 Å². The van der Waals surface area contributed by atoms with E-state index in [0.717, 1.165) is 25.7 Å². The first kappa shape index (κ1) is 19.5. The van der Waals surface area contributed by atoms with E-state index in [1.54, 1.807) is 19.0 Å². The van der Waals surface area contributed by atoms with Gasteiger partial charge in [0.05, 0.1) is 5.92 Å². The molecule has 0 aliphatic heterocycles. The number of ketones is 1. The van der Waals surface area contributed by atoms with Crippen molar-refractivity contribution in [3.8, 4) is 0 Å². The molecule has 0 aromatic carbocycles. The summed E-state index contributed by atoms with van der Waals surface area (Å²) in [6, 6.07) is -0.448. The molecule has 7 nitrogen and oxygen atoms in total. The van der Waals surface area contributed by atoms with E-state index < -0.39 is 35.2 Å². The molecule has 9 heteroatoms. The number of carbonyl (C=O) groups excluding carboxylic acids is 1. The van der Waals surface area contributed by atoms with E-state index in [4.69, 9.17) is 11.6 Å². The molecule has 0 saturated heterocycles. The molecule has 146 valence electrons. The largest absolute Gasteiger partial charge is 0.481 e. The Morgan fingerprint density at radius 1 is 1.22 bits per heavy atom. The predicted molar refractivity (Wildman–Crippen MR) is 98.1 cm³/mol. The van der Waals surface area contributed by atoms with Crippen molar-refractivity contribution in [1.82, 2.24) is 14.9 Å². The average molecular weight is 397 g/mol. The Morgan fingerprint density at radius 2 is 1.85 bits per heavy atom. The summed E-state index contributed by atoms with van der Waals surface area (Å²) in [7, 11) is 3.45. The van der Waals surface area contributed by atoms with Crippen LogP contribution in [0.25, 0.3) is 0 Å². The summed E-state index contributed by atoms with van der Waals surface area (Å²) in [5.41, 5.74) is -0.441. The van der Waals surface area contributed by atoms with Gasteiger partial charge < -0.3 is 15.3 Å². The van der Waals surface area contributed by atoms with Crippen molar-refractivity contribution in [3.63, 3.8) is 0 Å². The monoisotopic (exact) mass is 396 g/mol. The Labute approximate surface area is 161 Å². The normalized spacial score (nSPS) is 27.0. The number of hydrogen-bond donors (Lipinski definition) is 2. The van der Waals surface area contributed by atoms with Crippen molar-refractivity contribution in [2.75, 3.05) is 19.4 Å². The number of aromatic nitrogens is 2. The second-order valence-electron chi connectivity index (χ2n) is 7.36. The number of hydrogen-bond acceptors (Lipinski definition) is 6. The van der Waals surface area contributed by atoms with E-state index in [0.29, 0.717) is 0 Å². The van der Waals surface area contributed by atoms with Gasteiger partial charge in [-0.05, 0) is 49.1 Å². The van der Waals surface area contributed by atoms with Crippen molar-refractivity contribution < 1.29 is 19.1 Å². The Kier molecular flexibility index (Phi) is 5.64. The number of nitrogens with one attached hydrogen (secondary N) is 1. The number of fused-ring (bicyclic) bond motifs is 3. The fourth-order valence-corrected chi connectivity index (χ4v) is 4.31. The predicted octanol–water partition coefficient (Wildman–Crippen LogP) is 2.83. The van der Waals surface area contributed by atoms with Crippen LogP contribution in [0.2, 0.25) is 5.28 Å². The van der Waals surface area contributed by atoms with Crippen molar-refractivity contribution >= 4 is 29.2 Å². The van der Waals surface area contributed by atoms with E-state index in [2.05, 4.69) is 15.3 Å². The van der Waals surface area contributed by atoms with Gasteiger partial charge in [-0.2, -0.15) is 4.98 Å². The second-order valence-corrected chi connectivity index (χ2v) is 7.69. The van der Waals surface area contributed by atoms with Crippen LogP contribution in [0, 0.1) is 23.6 Å². The minimum Gasteiger partial charge on any atom is -0.481 e. The van der Waals surface area contributed by atoms with Crippen molar-refractivity contribution in [2.24, 2.45) is 17.8 Å². The lowest BCUT2D eigenvalue weighted by Crippen LogP contribution is -2.51. The van der Waals surface area contributed by atoms with Crippen LogP contribution in [-0.2, 0) is 4.79 Å². The second kappa shape index (κ2) is 7.80. The molecule has 0 radical (unpaired) electrons. The molecule has 27 heavy (non-hydrogen) atoms. The van der Waals surface area contributed by atoms with Crippen molar-refractivity contribution in [2.45, 2.75) is 31.7 Å². The zero-order valence-corrected chi connectivity index (χ0v) is 15.9. The Hall–Kier alpha value is -2.22. The van der Waals surface area contributed by atoms with E-state index in [1.165, 1.54) is 12.3 Å². The van der Waals surface area contributed by atoms with Gasteiger partial charge in [-0.1, -0.05) is 0 Å². The number of carboxylic acids is 1. The summed E-state index contributed by atoms with van der Waals surface area (Å²) < 4.78 is 14.9. The molecule has 0 spiro atoms. The molecule has 1 aromatic rings. The van der Waals surface area contributed by atoms with E-state index in [-0.39, 0.29) is 22.9 Å². The topological polar surface area (TPSA) is 95.4 Å². The van der Waals surface area contributed by atoms with Gasteiger partial charge in [-0.25, -0.2) is 9.37 Å². The summed E-state index contributed by atoms with van der Waals surface area (Å²) >= 11 is 5.89. The fraction of sp³-hybridized carbons (Fsp3) is 0.556. The van der Waals surface area contributed by atoms with E-state index >= 15 is 0 Å². The zero-order valence-electron chi connectivity index (χ0n) is 15.2. The molecular formula is C18H22ClFN4O3. The van der Waals surface area contributed by atoms with Gasteiger partial charge >= 0.3 is 5.97 Å². The number of aliphatic carboxylic acids is 1. The van der Waals surface area contributed by atoms with Gasteiger partial charge in [-0.15, -0.1) is 0 Å². The van der Waals surface area contributed by atoms with Crippen molar-refractivity contribution in [1.29, 1.82) is 0 Å². The Bertz CT molecular complexity index is 778. The number of halogens is 2. The van der Waals surface area contributed by atoms with Crippen LogP contribution in [0.1, 0.15) is 36.2 Å². The molecule has 4 rings (SSSR count). The lowest BCUT2D eigenvalue weighted by molar-refractivity contribution is -0.148. The highest BCUT2D eigenvalue weighted by Crippen LogP contribution is 2.46. The quantitative estimate of drug-likeness (QED) is 0.433. The Balaban J connectivity index is 1.90. The molecule has 0 amide bonds. The van der Waals surface area contributed by atoms with Gasteiger partial charge in [0, 0.05) is 32.4 Å². The van der Waals surface area contributed by atoms with Crippen LogP contribution >= 0.6 is 11.6 Å². The number of carboxylic acid groups (broad SMARTS) is 1. The highest BCUT2D eigenvalue weighted by atomic mass is 35.5. The van der Waals surface area contributed by atoms with Crippen LogP contribution in [-0.4, -0.2) is 51.9 Å². The van der Waals surface area contributed by atoms with Crippen LogP contribution in [0.4, 0.5) is 10.2 Å². The third-order valence-corrected chi connectivity index (χ3v) is 5.56. The lowest BCUT2D eigenvalue weighted by Gasteiger charge is -2.47. The molecule has 2 unspecified atom stereocenters. The summed E-state index contributed by atoms with van der Waals surface area (Å²) in [5.74, 6) is -3.11. The van der Waals surface area contributed by atoms with Crippen LogP contribution in [0.15, 0.2) is 12.3 Å². The van der Waals surface area contributed by atoms with Gasteiger partial charge in [0.2, 0.25) is 11.1 Å². The minimum absolute atomic E-state index is 0.0643. The molecule has 2 atom stereocenters. The molecule has 1 heterocycles. The standard InChI is InChI=1S/C18H22ClFN4O3/c1-24(2)8-7-11(25)15-13(20)16(23-18(19)22-15)21-14-10-5-3-9(4-6-10)12(14)17(26)27/h7-10,12,14H,3-6H2,1-2H3,(H,26,27)(H,21,22,23)/b8-7+. The Morgan fingerprint density at radius 3 is 2.44 bits per heavy atom. The molecule has 2 bridgehead atoms. The minimum atomic E-state index is -0.918. The first-order valence-corrected chi connectivity index (χ1v) is 9.27. The van der Waals surface area contributed by atoms with E-state index in [1.807, 2.05) is 0 Å². The molecule has 1 aromatic heterocycles. The molecule has 2 N–H and O–H groups in total. The van der Waals surface area contributed by atoms with Crippen LogP contribution < -0.4 is 5.32 Å². The average Bonchev–Trinajstić information content (AvgIpc) is 2.63. The lowest BCUT2D eigenvalue weighted by atomic mass is 9.61. The summed E-state index contributed by atoms with van der Waals surface area (Å²) in [6.45, 7) is 0. The smallest absolute Gasteiger partial charge is 0.308 e. The highest BCUT2D eigenvalue weighted by Gasteiger charge is 2.47. The number of allylic oxidation sites excluding steroid dienone is 1. The summed E-state index contributed by atoms with van der Waals surface area (Å²) in [5, 5.41) is 12.3. The maximum absolute atomic E-state index is 14.9. The first-order chi connectivity index (χ1) is 12.8. The van der Waals surface area contributed by atoms with Crippen LogP contribution in [0.3, 0.4) is 0 Å². The third kappa shape index (κ3) is 4.05. The van der Waals surface area contributed by atoms with Gasteiger partial charge in [0.1, 0.15) is 0 Å². The molecular weight excluding hydrogens is 375 g/mol. The van der Waals surface area contributed by atoms with E-state index in [9.17, 15) is 19.1 Å². The van der Waals surface area contributed by atoms with Gasteiger partial charge in [0.25, 0.3) is 0 Å². The maximum atomic E-state index is 14.9. The molecule has 3 fully saturated rings. The summed E-state index contributed by atoms with van der Waals surface area (Å²) in [6.07, 6.45) is 6.19. The molecule has 3 aliphatic rings. The number of rotatable bonds is 6. The maximum Gasteiger partial charge on any atom is 0.308 e. The highest BCUT2D eigenvalue weighted by molar-refractivity contribution is 6.28. The van der Waals surface area contributed by atoms with Crippen molar-refractivity contribution in [3.05, 3.63) is 29.1 Å². The number of anilines is 1. The van der Waals surface area contributed by atoms with Crippen LogP contribution in [0.5, 0.6) is 0 Å². The first-order valence-electron chi connectivity index (χ1n) is 8.89. The molecule has 3 saturated carbocycles. The number of carbonyl (C=O) groups is 2. The number of nitrogens with zero attached hydrogens (tertiary/aromatic N) is 3. The third-order valence-electron chi connectivity index (χ3n) is 5.39.